The zero-order valence-corrected chi connectivity index (χ0v) is 16.6. The summed E-state index contributed by atoms with van der Waals surface area (Å²) in [5.74, 6) is 2.08. The average molecular weight is 389 g/mol. The smallest absolute Gasteiger partial charge is 0.258 e. The highest BCUT2D eigenvalue weighted by Gasteiger charge is 2.54. The van der Waals surface area contributed by atoms with Crippen LogP contribution >= 0.6 is 0 Å². The van der Waals surface area contributed by atoms with E-state index in [2.05, 4.69) is 6.92 Å². The molecule has 4 aliphatic rings. The molecule has 4 heteroatoms. The lowest BCUT2D eigenvalue weighted by Gasteiger charge is -2.30. The number of benzene rings is 2. The summed E-state index contributed by atoms with van der Waals surface area (Å²) in [4.78, 5) is 11.2. The molecule has 0 aliphatic heterocycles. The van der Waals surface area contributed by atoms with Gasteiger partial charge in [0.15, 0.2) is 0 Å². The van der Waals surface area contributed by atoms with Crippen molar-refractivity contribution >= 4 is 16.8 Å². The van der Waals surface area contributed by atoms with E-state index in [1.54, 1.807) is 12.1 Å². The van der Waals surface area contributed by atoms with Crippen molar-refractivity contribution in [2.75, 3.05) is 0 Å². The SMILES string of the molecule is Cc1ccc(F)c2c1/C(=C1/c3ccc([N+](=O)[O-])cc3C3C1[C@@H]1CC[C@H]3C1)CCC2. The maximum Gasteiger partial charge on any atom is 0.269 e. The molecule has 148 valence electrons. The second-order valence-corrected chi connectivity index (χ2v) is 9.38. The maximum absolute atomic E-state index is 14.7. The van der Waals surface area contributed by atoms with Crippen LogP contribution in [0.3, 0.4) is 0 Å². The number of allylic oxidation sites excluding steroid dienone is 2. The Morgan fingerprint density at radius 2 is 1.86 bits per heavy atom. The molecule has 4 aliphatic carbocycles. The predicted molar refractivity (Wildman–Crippen MR) is 111 cm³/mol. The Bertz CT molecular complexity index is 1100. The number of rotatable bonds is 1. The summed E-state index contributed by atoms with van der Waals surface area (Å²) in [5.41, 5.74) is 8.43. The first kappa shape index (κ1) is 17.4. The Labute approximate surface area is 169 Å². The van der Waals surface area contributed by atoms with E-state index in [0.29, 0.717) is 23.7 Å². The van der Waals surface area contributed by atoms with Gasteiger partial charge in [-0.25, -0.2) is 4.39 Å². The van der Waals surface area contributed by atoms with E-state index >= 15 is 0 Å². The van der Waals surface area contributed by atoms with Gasteiger partial charge in [-0.3, -0.25) is 10.1 Å². The summed E-state index contributed by atoms with van der Waals surface area (Å²) in [6.07, 6.45) is 6.48. The number of hydrogen-bond donors (Lipinski definition) is 0. The second kappa shape index (κ2) is 6.01. The lowest BCUT2D eigenvalue weighted by atomic mass is 9.74. The van der Waals surface area contributed by atoms with E-state index in [9.17, 15) is 14.5 Å². The Morgan fingerprint density at radius 1 is 1.07 bits per heavy atom. The highest BCUT2D eigenvalue weighted by molar-refractivity contribution is 5.98. The largest absolute Gasteiger partial charge is 0.269 e. The van der Waals surface area contributed by atoms with Crippen molar-refractivity contribution < 1.29 is 9.31 Å². The molecule has 2 fully saturated rings. The number of non-ortho nitro benzene ring substituents is 1. The quantitative estimate of drug-likeness (QED) is 0.416. The fourth-order valence-electron chi connectivity index (χ4n) is 7.12. The van der Waals surface area contributed by atoms with Crippen molar-refractivity contribution in [1.82, 2.24) is 0 Å². The van der Waals surface area contributed by atoms with E-state index in [1.807, 2.05) is 18.2 Å². The molecule has 4 atom stereocenters. The number of halogens is 1. The molecule has 2 saturated carbocycles. The van der Waals surface area contributed by atoms with Crippen LogP contribution in [0.25, 0.3) is 11.1 Å². The first-order chi connectivity index (χ1) is 14.0. The van der Waals surface area contributed by atoms with Crippen LogP contribution in [-0.4, -0.2) is 4.92 Å². The molecule has 0 N–H and O–H groups in total. The molecule has 2 aromatic rings. The van der Waals surface area contributed by atoms with E-state index < -0.39 is 0 Å². The zero-order chi connectivity index (χ0) is 19.9. The van der Waals surface area contributed by atoms with Crippen molar-refractivity contribution in [3.63, 3.8) is 0 Å². The van der Waals surface area contributed by atoms with Gasteiger partial charge in [0.05, 0.1) is 4.92 Å². The monoisotopic (exact) mass is 389 g/mol. The minimum absolute atomic E-state index is 0.0881. The summed E-state index contributed by atoms with van der Waals surface area (Å²) >= 11 is 0. The molecule has 29 heavy (non-hydrogen) atoms. The number of hydrogen-bond acceptors (Lipinski definition) is 2. The van der Waals surface area contributed by atoms with Crippen LogP contribution in [0.5, 0.6) is 0 Å². The van der Waals surface area contributed by atoms with Gasteiger partial charge in [0.1, 0.15) is 5.82 Å². The fraction of sp³-hybridized carbons (Fsp3) is 0.440. The average Bonchev–Trinajstić information content (AvgIpc) is 3.41. The third kappa shape index (κ3) is 2.29. The predicted octanol–water partition coefficient (Wildman–Crippen LogP) is 6.43. The molecular formula is C25H24FNO2. The Hall–Kier alpha value is -2.49. The van der Waals surface area contributed by atoms with Gasteiger partial charge in [0.2, 0.25) is 0 Å². The summed E-state index contributed by atoms with van der Waals surface area (Å²) < 4.78 is 14.7. The third-order valence-corrected chi connectivity index (χ3v) is 8.09. The standard InChI is InChI=1S/C25H24FNO2/c1-13-5-10-21(26)18-3-2-4-19(22(13)18)25-17-9-8-16(27(28)29)12-20(17)23-14-6-7-15(11-14)24(23)25/h5,8-10,12,14-15,23-24H,2-4,6-7,11H2,1H3/b25-19-/t14-,15+,23?,24?/m0/s1. The van der Waals surface area contributed by atoms with Crippen LogP contribution in [-0.2, 0) is 6.42 Å². The topological polar surface area (TPSA) is 43.1 Å². The van der Waals surface area contributed by atoms with Gasteiger partial charge in [-0.2, -0.15) is 0 Å². The molecule has 0 aromatic heterocycles. The molecule has 0 heterocycles. The van der Waals surface area contributed by atoms with Gasteiger partial charge < -0.3 is 0 Å². The van der Waals surface area contributed by atoms with Crippen LogP contribution in [0, 0.1) is 40.6 Å². The van der Waals surface area contributed by atoms with Crippen molar-refractivity contribution in [1.29, 1.82) is 0 Å². The minimum atomic E-state index is -0.275. The molecule has 6 rings (SSSR count). The first-order valence-electron chi connectivity index (χ1n) is 10.8. The van der Waals surface area contributed by atoms with Crippen molar-refractivity contribution in [2.24, 2.45) is 17.8 Å². The van der Waals surface area contributed by atoms with Gasteiger partial charge in [0, 0.05) is 12.1 Å². The van der Waals surface area contributed by atoms with Gasteiger partial charge in [0.25, 0.3) is 5.69 Å². The van der Waals surface area contributed by atoms with E-state index in [-0.39, 0.29) is 16.4 Å². The molecule has 0 radical (unpaired) electrons. The molecule has 2 unspecified atom stereocenters. The summed E-state index contributed by atoms with van der Waals surface area (Å²) in [5, 5.41) is 11.4. The van der Waals surface area contributed by atoms with Gasteiger partial charge in [-0.05, 0) is 120 Å². The highest BCUT2D eigenvalue weighted by atomic mass is 19.1. The molecule has 0 saturated heterocycles. The number of aryl methyl sites for hydroxylation is 1. The van der Waals surface area contributed by atoms with Gasteiger partial charge >= 0.3 is 0 Å². The second-order valence-electron chi connectivity index (χ2n) is 9.38. The summed E-state index contributed by atoms with van der Waals surface area (Å²) in [6, 6.07) is 8.99. The summed E-state index contributed by atoms with van der Waals surface area (Å²) in [6.45, 7) is 2.09. The molecular weight excluding hydrogens is 365 g/mol. The van der Waals surface area contributed by atoms with Crippen LogP contribution in [0.15, 0.2) is 30.3 Å². The Kier molecular flexibility index (Phi) is 3.60. The molecule has 2 aromatic carbocycles. The lowest BCUT2D eigenvalue weighted by molar-refractivity contribution is -0.384. The van der Waals surface area contributed by atoms with Crippen molar-refractivity contribution in [2.45, 2.75) is 51.4 Å². The van der Waals surface area contributed by atoms with Crippen LogP contribution in [0.2, 0.25) is 0 Å². The van der Waals surface area contributed by atoms with E-state index in [0.717, 1.165) is 36.0 Å². The van der Waals surface area contributed by atoms with Crippen LogP contribution in [0.4, 0.5) is 10.1 Å². The number of nitrogens with zero attached hydrogens (tertiary/aromatic N) is 1. The van der Waals surface area contributed by atoms with Gasteiger partial charge in [-0.15, -0.1) is 0 Å². The lowest BCUT2D eigenvalue weighted by Crippen LogP contribution is -2.18. The molecule has 3 nitrogen and oxygen atoms in total. The fourth-order valence-corrected chi connectivity index (χ4v) is 7.12. The van der Waals surface area contributed by atoms with Gasteiger partial charge in [-0.1, -0.05) is 6.07 Å². The van der Waals surface area contributed by atoms with E-state index in [1.165, 1.54) is 41.5 Å². The van der Waals surface area contributed by atoms with E-state index in [4.69, 9.17) is 0 Å². The number of nitro groups is 1. The summed E-state index contributed by atoms with van der Waals surface area (Å²) in [7, 11) is 0. The Morgan fingerprint density at radius 3 is 2.66 bits per heavy atom. The minimum Gasteiger partial charge on any atom is -0.258 e. The first-order valence-corrected chi connectivity index (χ1v) is 10.8. The zero-order valence-electron chi connectivity index (χ0n) is 16.6. The molecule has 0 spiro atoms. The molecule has 0 amide bonds. The number of nitro benzene ring substituents is 1. The van der Waals surface area contributed by atoms with Crippen molar-refractivity contribution in [3.8, 4) is 0 Å². The third-order valence-electron chi connectivity index (χ3n) is 8.09. The van der Waals surface area contributed by atoms with Crippen LogP contribution < -0.4 is 0 Å². The van der Waals surface area contributed by atoms with Crippen LogP contribution in [0.1, 0.15) is 65.8 Å². The molecule has 2 bridgehead atoms. The number of fused-ring (bicyclic) bond motifs is 8. The van der Waals surface area contributed by atoms with Crippen molar-refractivity contribution in [3.05, 3.63) is 74.1 Å². The highest BCUT2D eigenvalue weighted by Crippen LogP contribution is 2.67. The Balaban J connectivity index is 1.64. The maximum atomic E-state index is 14.7. The normalized spacial score (nSPS) is 31.5.